The first-order chi connectivity index (χ1) is 5.39. The van der Waals surface area contributed by atoms with Crippen molar-refractivity contribution in [3.8, 4) is 0 Å². The zero-order valence-electron chi connectivity index (χ0n) is 6.11. The molecule has 0 bridgehead atoms. The van der Waals surface area contributed by atoms with E-state index in [0.717, 1.165) is 6.07 Å². The Hall–Kier alpha value is -0.330. The van der Waals surface area contributed by atoms with E-state index < -0.39 is 11.9 Å². The molecule has 1 heterocycles. The van der Waals surface area contributed by atoms with Gasteiger partial charge in [0.05, 0.1) is 0 Å². The lowest BCUT2D eigenvalue weighted by atomic mass is 10.2. The summed E-state index contributed by atoms with van der Waals surface area (Å²) in [6.45, 7) is 1.61. The van der Waals surface area contributed by atoms with E-state index in [1.54, 1.807) is 35.6 Å². The van der Waals surface area contributed by atoms with Gasteiger partial charge in [-0.1, -0.05) is 0 Å². The van der Waals surface area contributed by atoms with Crippen molar-refractivity contribution in [1.82, 2.24) is 4.98 Å². The molecule has 1 rings (SSSR count). The second kappa shape index (κ2) is 3.20. The molecule has 0 N–H and O–H groups in total. The number of halogens is 4. The summed E-state index contributed by atoms with van der Waals surface area (Å²) in [5, 5.41) is 0. The highest BCUT2D eigenvalue weighted by Gasteiger charge is 2.32. The summed E-state index contributed by atoms with van der Waals surface area (Å²) >= 11 is 1.76. The highest BCUT2D eigenvalue weighted by molar-refractivity contribution is 14.1. The van der Waals surface area contributed by atoms with Crippen LogP contribution in [0.25, 0.3) is 0 Å². The number of hydrogen-bond acceptors (Lipinski definition) is 1. The fourth-order valence-electron chi connectivity index (χ4n) is 0.770. The van der Waals surface area contributed by atoms with E-state index in [9.17, 15) is 13.2 Å². The Labute approximate surface area is 81.1 Å². The number of hydrogen-bond donors (Lipinski definition) is 0. The van der Waals surface area contributed by atoms with Gasteiger partial charge in [0, 0.05) is 0 Å². The molecule has 0 fully saturated rings. The van der Waals surface area contributed by atoms with E-state index >= 15 is 0 Å². The predicted molar refractivity (Wildman–Crippen MR) is 46.7 cm³/mol. The van der Waals surface area contributed by atoms with Crippen molar-refractivity contribution in [1.29, 1.82) is 0 Å². The maximum absolute atomic E-state index is 12.1. The first-order valence-corrected chi connectivity index (χ1v) is 4.19. The first-order valence-electron chi connectivity index (χ1n) is 3.11. The molecule has 66 valence electrons. The molecule has 0 saturated heterocycles. The Kier molecular flexibility index (Phi) is 2.60. The predicted octanol–water partition coefficient (Wildman–Crippen LogP) is 3.01. The Morgan fingerprint density at radius 2 is 1.92 bits per heavy atom. The van der Waals surface area contributed by atoms with Gasteiger partial charge in [-0.15, -0.1) is 0 Å². The lowest BCUT2D eigenvalue weighted by molar-refractivity contribution is -0.141. The number of nitrogens with zero attached hydrogens (tertiary/aromatic N) is 1. The lowest BCUT2D eigenvalue weighted by Gasteiger charge is -2.06. The topological polar surface area (TPSA) is 12.9 Å². The third kappa shape index (κ3) is 2.33. The largest absolute Gasteiger partial charge is 0.433 e. The van der Waals surface area contributed by atoms with Crippen LogP contribution in [0.5, 0.6) is 0 Å². The molecule has 0 amide bonds. The summed E-state index contributed by atoms with van der Waals surface area (Å²) in [6, 6.07) is 2.62. The molecule has 12 heavy (non-hydrogen) atoms. The molecule has 0 saturated carbocycles. The zero-order chi connectivity index (χ0) is 9.35. The molecular formula is C7H5F3IN. The van der Waals surface area contributed by atoms with Gasteiger partial charge in [0.2, 0.25) is 0 Å². The molecule has 0 spiro atoms. The number of aryl methyl sites for hydroxylation is 1. The zero-order valence-corrected chi connectivity index (χ0v) is 8.27. The van der Waals surface area contributed by atoms with E-state index in [-0.39, 0.29) is 0 Å². The van der Waals surface area contributed by atoms with Gasteiger partial charge in [-0.2, -0.15) is 13.2 Å². The van der Waals surface area contributed by atoms with Crippen LogP contribution in [0.1, 0.15) is 11.3 Å². The van der Waals surface area contributed by atoms with Crippen LogP contribution < -0.4 is 0 Å². The second-order valence-electron chi connectivity index (χ2n) is 2.35. The molecule has 0 aliphatic rings. The van der Waals surface area contributed by atoms with Gasteiger partial charge < -0.3 is 0 Å². The van der Waals surface area contributed by atoms with Crippen molar-refractivity contribution < 1.29 is 13.2 Å². The van der Waals surface area contributed by atoms with Crippen LogP contribution in [0, 0.1) is 10.6 Å². The second-order valence-corrected chi connectivity index (χ2v) is 3.46. The standard InChI is InChI=1S/C7H5F3IN/c1-4-2-5(7(8,9)10)12-6(11)3-4/h2-3H,1H3. The molecule has 5 heteroatoms. The minimum Gasteiger partial charge on any atom is -0.237 e. The van der Waals surface area contributed by atoms with Gasteiger partial charge in [0.1, 0.15) is 9.39 Å². The van der Waals surface area contributed by atoms with E-state index in [1.807, 2.05) is 0 Å². The van der Waals surface area contributed by atoms with Crippen molar-refractivity contribution in [3.05, 3.63) is 27.1 Å². The fourth-order valence-corrected chi connectivity index (χ4v) is 1.52. The highest BCUT2D eigenvalue weighted by Crippen LogP contribution is 2.28. The lowest BCUT2D eigenvalue weighted by Crippen LogP contribution is -2.08. The van der Waals surface area contributed by atoms with Gasteiger partial charge in [0.25, 0.3) is 0 Å². The van der Waals surface area contributed by atoms with Crippen LogP contribution >= 0.6 is 22.6 Å². The van der Waals surface area contributed by atoms with E-state index in [4.69, 9.17) is 0 Å². The fraction of sp³-hybridized carbons (Fsp3) is 0.286. The van der Waals surface area contributed by atoms with Crippen LogP contribution in [0.15, 0.2) is 12.1 Å². The number of alkyl halides is 3. The number of rotatable bonds is 0. The summed E-state index contributed by atoms with van der Waals surface area (Å²) in [6.07, 6.45) is -4.34. The van der Waals surface area contributed by atoms with Crippen molar-refractivity contribution in [2.75, 3.05) is 0 Å². The average molecular weight is 287 g/mol. The Balaban J connectivity index is 3.18. The van der Waals surface area contributed by atoms with Crippen LogP contribution in [0.2, 0.25) is 0 Å². The molecule has 1 aromatic heterocycles. The van der Waals surface area contributed by atoms with Crippen molar-refractivity contribution in [2.24, 2.45) is 0 Å². The van der Waals surface area contributed by atoms with Crippen molar-refractivity contribution in [3.63, 3.8) is 0 Å². The normalized spacial score (nSPS) is 11.8. The number of pyridine rings is 1. The third-order valence-electron chi connectivity index (χ3n) is 1.23. The van der Waals surface area contributed by atoms with Gasteiger partial charge in [-0.3, -0.25) is 0 Å². The van der Waals surface area contributed by atoms with Gasteiger partial charge in [-0.05, 0) is 47.2 Å². The minimum atomic E-state index is -4.34. The SMILES string of the molecule is Cc1cc(I)nc(C(F)(F)F)c1. The maximum atomic E-state index is 12.1. The minimum absolute atomic E-state index is 0.361. The molecule has 0 atom stereocenters. The summed E-state index contributed by atoms with van der Waals surface area (Å²) < 4.78 is 36.6. The van der Waals surface area contributed by atoms with Crippen LogP contribution in [0.3, 0.4) is 0 Å². The summed E-state index contributed by atoms with van der Waals surface area (Å²) in [5.74, 6) is 0. The summed E-state index contributed by atoms with van der Waals surface area (Å²) in [4.78, 5) is 3.37. The summed E-state index contributed by atoms with van der Waals surface area (Å²) in [7, 11) is 0. The molecular weight excluding hydrogens is 282 g/mol. The van der Waals surface area contributed by atoms with E-state index in [0.29, 0.717) is 9.26 Å². The van der Waals surface area contributed by atoms with Crippen molar-refractivity contribution >= 4 is 22.6 Å². The van der Waals surface area contributed by atoms with Gasteiger partial charge in [0.15, 0.2) is 0 Å². The van der Waals surface area contributed by atoms with Crippen LogP contribution in [-0.2, 0) is 6.18 Å². The molecule has 0 aliphatic carbocycles. The molecule has 1 aromatic rings. The maximum Gasteiger partial charge on any atom is 0.433 e. The number of aromatic nitrogens is 1. The van der Waals surface area contributed by atoms with Crippen LogP contribution in [-0.4, -0.2) is 4.98 Å². The van der Waals surface area contributed by atoms with Crippen molar-refractivity contribution in [2.45, 2.75) is 13.1 Å². The summed E-state index contributed by atoms with van der Waals surface area (Å²) in [5.41, 5.74) is -0.256. The quantitative estimate of drug-likeness (QED) is 0.528. The Morgan fingerprint density at radius 1 is 1.33 bits per heavy atom. The molecule has 0 aromatic carbocycles. The van der Waals surface area contributed by atoms with Gasteiger partial charge in [-0.25, -0.2) is 4.98 Å². The highest BCUT2D eigenvalue weighted by atomic mass is 127. The first kappa shape index (κ1) is 9.76. The van der Waals surface area contributed by atoms with E-state index in [1.165, 1.54) is 0 Å². The smallest absolute Gasteiger partial charge is 0.237 e. The molecule has 0 unspecified atom stereocenters. The molecule has 1 nitrogen and oxygen atoms in total. The van der Waals surface area contributed by atoms with Crippen LogP contribution in [0.4, 0.5) is 13.2 Å². The average Bonchev–Trinajstić information content (AvgIpc) is 1.82. The Bertz CT molecular complexity index is 275. The van der Waals surface area contributed by atoms with Gasteiger partial charge >= 0.3 is 6.18 Å². The Morgan fingerprint density at radius 3 is 2.33 bits per heavy atom. The molecule has 0 radical (unpaired) electrons. The monoisotopic (exact) mass is 287 g/mol. The molecule has 0 aliphatic heterocycles. The van der Waals surface area contributed by atoms with E-state index in [2.05, 4.69) is 4.98 Å². The third-order valence-corrected chi connectivity index (χ3v) is 1.78.